The molecule has 0 bridgehead atoms. The van der Waals surface area contributed by atoms with E-state index in [1.165, 1.54) is 0 Å². The largest absolute Gasteiger partial charge is 0.370 e. The summed E-state index contributed by atoms with van der Waals surface area (Å²) in [5.41, 5.74) is 0. The van der Waals surface area contributed by atoms with Crippen LogP contribution in [0.25, 0.3) is 0 Å². The summed E-state index contributed by atoms with van der Waals surface area (Å²) in [5.74, 6) is 1.22. The maximum atomic E-state index is 5.78. The van der Waals surface area contributed by atoms with E-state index in [0.717, 1.165) is 45.4 Å². The summed E-state index contributed by atoms with van der Waals surface area (Å²) in [5, 5.41) is 7.25. The Morgan fingerprint density at radius 1 is 1.28 bits per heavy atom. The van der Waals surface area contributed by atoms with Gasteiger partial charge in [-0.3, -0.25) is 0 Å². The van der Waals surface area contributed by atoms with Crippen LogP contribution < -0.4 is 5.32 Å². The molecule has 0 amide bonds. The summed E-state index contributed by atoms with van der Waals surface area (Å²) in [6.45, 7) is 3.27. The molecule has 1 aromatic heterocycles. The van der Waals surface area contributed by atoms with Crippen LogP contribution >= 0.6 is 0 Å². The van der Waals surface area contributed by atoms with Gasteiger partial charge in [-0.25, -0.2) is 0 Å². The van der Waals surface area contributed by atoms with Crippen LogP contribution in [0, 0.1) is 0 Å². The van der Waals surface area contributed by atoms with E-state index < -0.39 is 0 Å². The molecule has 2 saturated heterocycles. The molecule has 6 nitrogen and oxygen atoms in total. The lowest BCUT2D eigenvalue weighted by atomic mass is 10.1. The van der Waals surface area contributed by atoms with Crippen molar-refractivity contribution in [3.05, 3.63) is 11.7 Å². The summed E-state index contributed by atoms with van der Waals surface area (Å²) >= 11 is 0. The van der Waals surface area contributed by atoms with Crippen molar-refractivity contribution in [1.82, 2.24) is 15.5 Å². The van der Waals surface area contributed by atoms with E-state index in [9.17, 15) is 0 Å². The molecule has 0 radical (unpaired) electrons. The van der Waals surface area contributed by atoms with Crippen LogP contribution in [0.4, 0.5) is 0 Å². The first-order chi connectivity index (χ1) is 8.92. The number of piperidine rings is 1. The van der Waals surface area contributed by atoms with Crippen molar-refractivity contribution >= 4 is 0 Å². The normalized spacial score (nSPS) is 25.7. The molecule has 1 N–H and O–H groups in total. The van der Waals surface area contributed by atoms with E-state index in [-0.39, 0.29) is 6.10 Å². The van der Waals surface area contributed by atoms with Crippen molar-refractivity contribution in [2.24, 2.45) is 0 Å². The first-order valence-corrected chi connectivity index (χ1v) is 6.68. The Labute approximate surface area is 106 Å². The van der Waals surface area contributed by atoms with E-state index in [1.807, 2.05) is 0 Å². The van der Waals surface area contributed by atoms with Gasteiger partial charge in [-0.05, 0) is 38.8 Å². The molecule has 18 heavy (non-hydrogen) atoms. The number of ether oxygens (including phenoxy) is 2. The molecule has 3 heterocycles. The van der Waals surface area contributed by atoms with Gasteiger partial charge < -0.3 is 19.3 Å². The van der Waals surface area contributed by atoms with Crippen molar-refractivity contribution in [3.63, 3.8) is 0 Å². The van der Waals surface area contributed by atoms with Crippen LogP contribution in [0.5, 0.6) is 0 Å². The maximum absolute atomic E-state index is 5.78. The SMILES string of the molecule is C1COC(c2nc(COC3CCNCC3)no2)C1. The zero-order valence-corrected chi connectivity index (χ0v) is 10.4. The van der Waals surface area contributed by atoms with Gasteiger partial charge in [0.1, 0.15) is 12.7 Å². The number of hydrogen-bond acceptors (Lipinski definition) is 6. The van der Waals surface area contributed by atoms with Gasteiger partial charge in [0, 0.05) is 6.61 Å². The van der Waals surface area contributed by atoms with Crippen LogP contribution in [-0.4, -0.2) is 35.9 Å². The van der Waals surface area contributed by atoms with Gasteiger partial charge in [-0.2, -0.15) is 4.98 Å². The molecule has 0 spiro atoms. The van der Waals surface area contributed by atoms with Gasteiger partial charge in [0.05, 0.1) is 6.10 Å². The summed E-state index contributed by atoms with van der Waals surface area (Å²) in [6.07, 6.45) is 4.44. The van der Waals surface area contributed by atoms with Gasteiger partial charge in [-0.1, -0.05) is 5.16 Å². The average molecular weight is 253 g/mol. The Morgan fingerprint density at radius 2 is 2.17 bits per heavy atom. The van der Waals surface area contributed by atoms with E-state index in [1.54, 1.807) is 0 Å². The fourth-order valence-electron chi connectivity index (χ4n) is 2.38. The Kier molecular flexibility index (Phi) is 3.87. The molecule has 3 rings (SSSR count). The Balaban J connectivity index is 1.50. The van der Waals surface area contributed by atoms with Gasteiger partial charge in [0.15, 0.2) is 5.82 Å². The quantitative estimate of drug-likeness (QED) is 0.869. The predicted molar refractivity (Wildman–Crippen MR) is 62.9 cm³/mol. The lowest BCUT2D eigenvalue weighted by Crippen LogP contribution is -2.32. The second-order valence-corrected chi connectivity index (χ2v) is 4.81. The minimum absolute atomic E-state index is 0.00914. The number of hydrogen-bond donors (Lipinski definition) is 1. The van der Waals surface area contributed by atoms with Gasteiger partial charge >= 0.3 is 0 Å². The van der Waals surface area contributed by atoms with Crippen molar-refractivity contribution in [2.45, 2.75) is 44.5 Å². The van der Waals surface area contributed by atoms with E-state index >= 15 is 0 Å². The summed E-state index contributed by atoms with van der Waals surface area (Å²) < 4.78 is 16.5. The summed E-state index contributed by atoms with van der Waals surface area (Å²) in [4.78, 5) is 4.33. The molecule has 6 heteroatoms. The third kappa shape index (κ3) is 2.88. The number of nitrogens with one attached hydrogen (secondary N) is 1. The van der Waals surface area contributed by atoms with Crippen LogP contribution in [-0.2, 0) is 16.1 Å². The third-order valence-corrected chi connectivity index (χ3v) is 3.42. The molecule has 0 aromatic carbocycles. The van der Waals surface area contributed by atoms with E-state index in [2.05, 4.69) is 15.5 Å². The van der Waals surface area contributed by atoms with Crippen molar-refractivity contribution < 1.29 is 14.0 Å². The van der Waals surface area contributed by atoms with Crippen molar-refractivity contribution in [1.29, 1.82) is 0 Å². The first-order valence-electron chi connectivity index (χ1n) is 6.68. The lowest BCUT2D eigenvalue weighted by Gasteiger charge is -2.22. The van der Waals surface area contributed by atoms with E-state index in [4.69, 9.17) is 14.0 Å². The zero-order valence-electron chi connectivity index (χ0n) is 10.4. The molecule has 1 aromatic rings. The van der Waals surface area contributed by atoms with Crippen LogP contribution in [0.2, 0.25) is 0 Å². The molecule has 1 atom stereocenters. The predicted octanol–water partition coefficient (Wildman–Crippen LogP) is 1.19. The zero-order chi connectivity index (χ0) is 12.2. The minimum Gasteiger partial charge on any atom is -0.370 e. The number of nitrogens with zero attached hydrogens (tertiary/aromatic N) is 2. The summed E-state index contributed by atoms with van der Waals surface area (Å²) in [7, 11) is 0. The van der Waals surface area contributed by atoms with Gasteiger partial charge in [0.25, 0.3) is 5.89 Å². The van der Waals surface area contributed by atoms with Gasteiger partial charge in [0.2, 0.25) is 0 Å². The highest BCUT2D eigenvalue weighted by Crippen LogP contribution is 2.27. The maximum Gasteiger partial charge on any atom is 0.255 e. The Bertz CT molecular complexity index is 370. The van der Waals surface area contributed by atoms with Crippen molar-refractivity contribution in [2.75, 3.05) is 19.7 Å². The number of rotatable bonds is 4. The molecular formula is C12H19N3O3. The highest BCUT2D eigenvalue weighted by molar-refractivity contribution is 4.91. The second-order valence-electron chi connectivity index (χ2n) is 4.81. The van der Waals surface area contributed by atoms with Gasteiger partial charge in [-0.15, -0.1) is 0 Å². The minimum atomic E-state index is -0.00914. The Hall–Kier alpha value is -0.980. The number of aromatic nitrogens is 2. The fraction of sp³-hybridized carbons (Fsp3) is 0.833. The average Bonchev–Trinajstić information content (AvgIpc) is 3.08. The molecular weight excluding hydrogens is 234 g/mol. The topological polar surface area (TPSA) is 69.4 Å². The van der Waals surface area contributed by atoms with E-state index in [0.29, 0.717) is 24.4 Å². The molecule has 0 saturated carbocycles. The monoisotopic (exact) mass is 253 g/mol. The van der Waals surface area contributed by atoms with Crippen molar-refractivity contribution in [3.8, 4) is 0 Å². The first kappa shape index (κ1) is 12.1. The molecule has 2 fully saturated rings. The van der Waals surface area contributed by atoms with Crippen LogP contribution in [0.15, 0.2) is 4.52 Å². The fourth-order valence-corrected chi connectivity index (χ4v) is 2.38. The molecule has 2 aliphatic rings. The molecule has 1 unspecified atom stereocenters. The standard InChI is InChI=1S/C12H19N3O3/c1-2-10(16-7-1)12-14-11(15-18-12)8-17-9-3-5-13-6-4-9/h9-10,13H,1-8H2. The molecule has 100 valence electrons. The van der Waals surface area contributed by atoms with Crippen LogP contribution in [0.3, 0.4) is 0 Å². The molecule has 2 aliphatic heterocycles. The lowest BCUT2D eigenvalue weighted by molar-refractivity contribution is 0.0170. The highest BCUT2D eigenvalue weighted by atomic mass is 16.5. The smallest absolute Gasteiger partial charge is 0.255 e. The Morgan fingerprint density at radius 3 is 2.94 bits per heavy atom. The highest BCUT2D eigenvalue weighted by Gasteiger charge is 2.24. The summed E-state index contributed by atoms with van der Waals surface area (Å²) in [6, 6.07) is 0. The molecule has 0 aliphatic carbocycles. The third-order valence-electron chi connectivity index (χ3n) is 3.42. The van der Waals surface area contributed by atoms with Crippen LogP contribution in [0.1, 0.15) is 43.5 Å². The second kappa shape index (κ2) is 5.77.